The molecular formula is C8H8N4O2. The number of hydrogen-bond acceptors (Lipinski definition) is 4. The predicted molar refractivity (Wildman–Crippen MR) is 46.4 cm³/mol. The van der Waals surface area contributed by atoms with Gasteiger partial charge in [-0.05, 0) is 22.7 Å². The Morgan fingerprint density at radius 2 is 2.43 bits per heavy atom. The second-order valence-corrected chi connectivity index (χ2v) is 3.48. The number of nitro groups is 1. The van der Waals surface area contributed by atoms with Crippen LogP contribution in [0.4, 0.5) is 5.82 Å². The Morgan fingerprint density at radius 3 is 2.86 bits per heavy atom. The maximum absolute atomic E-state index is 10.6. The van der Waals surface area contributed by atoms with Crippen LogP contribution in [0.5, 0.6) is 0 Å². The third-order valence-corrected chi connectivity index (χ3v) is 2.51. The first-order chi connectivity index (χ1) is 6.60. The highest BCUT2D eigenvalue weighted by Crippen LogP contribution is 2.49. The van der Waals surface area contributed by atoms with Crippen LogP contribution in [0.1, 0.15) is 18.5 Å². The van der Waals surface area contributed by atoms with E-state index in [-0.39, 0.29) is 5.82 Å². The lowest BCUT2D eigenvalue weighted by atomic mass is 10.0. The Bertz CT molecular complexity index is 439. The van der Waals surface area contributed by atoms with Crippen LogP contribution < -0.4 is 0 Å². The van der Waals surface area contributed by atoms with Crippen molar-refractivity contribution in [1.82, 2.24) is 9.55 Å². The molecule has 0 unspecified atom stereocenters. The number of aromatic nitrogens is 2. The minimum atomic E-state index is -0.659. The Kier molecular flexibility index (Phi) is 1.58. The summed E-state index contributed by atoms with van der Waals surface area (Å²) < 4.78 is 1.56. The first-order valence-electron chi connectivity index (χ1n) is 4.18. The second kappa shape index (κ2) is 2.54. The fourth-order valence-corrected chi connectivity index (χ4v) is 1.63. The normalized spacial score (nSPS) is 17.4. The van der Waals surface area contributed by atoms with E-state index in [2.05, 4.69) is 11.1 Å². The monoisotopic (exact) mass is 192 g/mol. The van der Waals surface area contributed by atoms with Crippen molar-refractivity contribution < 1.29 is 4.92 Å². The largest absolute Gasteiger partial charge is 0.386 e. The van der Waals surface area contributed by atoms with Gasteiger partial charge in [0, 0.05) is 7.05 Å². The maximum atomic E-state index is 10.6. The van der Waals surface area contributed by atoms with Gasteiger partial charge in [-0.2, -0.15) is 5.26 Å². The number of aryl methyl sites for hydroxylation is 1. The predicted octanol–water partition coefficient (Wildman–Crippen LogP) is 0.883. The SMILES string of the molecule is Cn1cnc([N+](=O)[O-])c1C1(C#N)CC1. The van der Waals surface area contributed by atoms with Crippen molar-refractivity contribution >= 4 is 5.82 Å². The summed E-state index contributed by atoms with van der Waals surface area (Å²) in [5.74, 6) is -0.188. The number of hydrogen-bond donors (Lipinski definition) is 0. The standard InChI is InChI=1S/C8H8N4O2/c1-11-5-10-7(12(13)14)6(11)8(4-9)2-3-8/h5H,2-3H2,1H3. The third-order valence-electron chi connectivity index (χ3n) is 2.51. The van der Waals surface area contributed by atoms with Gasteiger partial charge in [-0.15, -0.1) is 0 Å². The van der Waals surface area contributed by atoms with E-state index in [1.165, 1.54) is 6.33 Å². The molecule has 0 aromatic carbocycles. The van der Waals surface area contributed by atoms with Crippen LogP contribution in [-0.2, 0) is 12.5 Å². The van der Waals surface area contributed by atoms with Crippen molar-refractivity contribution in [3.63, 3.8) is 0 Å². The van der Waals surface area contributed by atoms with Gasteiger partial charge in [0.25, 0.3) is 0 Å². The van der Waals surface area contributed by atoms with E-state index in [9.17, 15) is 10.1 Å². The molecule has 0 saturated heterocycles. The first kappa shape index (κ1) is 8.69. The summed E-state index contributed by atoms with van der Waals surface area (Å²) >= 11 is 0. The molecule has 6 nitrogen and oxygen atoms in total. The molecule has 1 heterocycles. The van der Waals surface area contributed by atoms with Gasteiger partial charge in [0.1, 0.15) is 11.1 Å². The molecule has 14 heavy (non-hydrogen) atoms. The summed E-state index contributed by atoms with van der Waals surface area (Å²) in [7, 11) is 1.67. The minimum absolute atomic E-state index is 0.188. The summed E-state index contributed by atoms with van der Waals surface area (Å²) in [6, 6.07) is 2.13. The Balaban J connectivity index is 2.57. The molecule has 0 atom stereocenters. The zero-order valence-corrected chi connectivity index (χ0v) is 7.60. The van der Waals surface area contributed by atoms with Gasteiger partial charge >= 0.3 is 5.82 Å². The van der Waals surface area contributed by atoms with Gasteiger partial charge in [0.05, 0.1) is 6.07 Å². The molecule has 2 rings (SSSR count). The number of nitrogens with zero attached hydrogens (tertiary/aromatic N) is 4. The van der Waals surface area contributed by atoms with Gasteiger partial charge in [0.15, 0.2) is 0 Å². The number of nitriles is 1. The van der Waals surface area contributed by atoms with E-state index in [0.29, 0.717) is 18.5 Å². The van der Waals surface area contributed by atoms with Gasteiger partial charge in [-0.25, -0.2) is 0 Å². The van der Waals surface area contributed by atoms with Crippen LogP contribution in [0.3, 0.4) is 0 Å². The lowest BCUT2D eigenvalue weighted by Crippen LogP contribution is -2.11. The highest BCUT2D eigenvalue weighted by molar-refractivity contribution is 5.44. The molecule has 1 aromatic rings. The zero-order valence-electron chi connectivity index (χ0n) is 7.60. The summed E-state index contributed by atoms with van der Waals surface area (Å²) in [6.07, 6.45) is 2.75. The molecule has 1 fully saturated rings. The molecule has 0 radical (unpaired) electrons. The highest BCUT2D eigenvalue weighted by Gasteiger charge is 2.51. The number of imidazole rings is 1. The van der Waals surface area contributed by atoms with E-state index in [4.69, 9.17) is 5.26 Å². The molecule has 1 aliphatic carbocycles. The molecule has 0 N–H and O–H groups in total. The fourth-order valence-electron chi connectivity index (χ4n) is 1.63. The van der Waals surface area contributed by atoms with Crippen LogP contribution in [0, 0.1) is 21.4 Å². The Morgan fingerprint density at radius 1 is 1.79 bits per heavy atom. The molecular weight excluding hydrogens is 184 g/mol. The second-order valence-electron chi connectivity index (χ2n) is 3.48. The van der Waals surface area contributed by atoms with Gasteiger partial charge in [0.2, 0.25) is 6.33 Å². The molecule has 0 aliphatic heterocycles. The molecule has 0 amide bonds. The van der Waals surface area contributed by atoms with Crippen molar-refractivity contribution in [2.45, 2.75) is 18.3 Å². The lowest BCUT2D eigenvalue weighted by Gasteiger charge is -2.04. The fraction of sp³-hybridized carbons (Fsp3) is 0.500. The van der Waals surface area contributed by atoms with Crippen molar-refractivity contribution in [2.75, 3.05) is 0 Å². The van der Waals surface area contributed by atoms with Crippen molar-refractivity contribution in [2.24, 2.45) is 7.05 Å². The summed E-state index contributed by atoms with van der Waals surface area (Å²) in [5.41, 5.74) is -0.224. The van der Waals surface area contributed by atoms with Gasteiger partial charge < -0.3 is 14.7 Å². The average Bonchev–Trinajstić information content (AvgIpc) is 2.84. The van der Waals surface area contributed by atoms with E-state index >= 15 is 0 Å². The topological polar surface area (TPSA) is 84.8 Å². The smallest absolute Gasteiger partial charge is 0.358 e. The number of rotatable bonds is 2. The molecule has 1 aliphatic rings. The summed E-state index contributed by atoms with van der Waals surface area (Å²) in [5, 5.41) is 19.6. The highest BCUT2D eigenvalue weighted by atomic mass is 16.6. The van der Waals surface area contributed by atoms with Gasteiger partial charge in [-0.1, -0.05) is 0 Å². The molecule has 1 aromatic heterocycles. The quantitative estimate of drug-likeness (QED) is 0.514. The lowest BCUT2D eigenvalue weighted by molar-refractivity contribution is -0.390. The molecule has 1 saturated carbocycles. The van der Waals surface area contributed by atoms with Crippen molar-refractivity contribution in [3.8, 4) is 6.07 Å². The Labute approximate surface area is 79.9 Å². The van der Waals surface area contributed by atoms with Crippen LogP contribution in [0.25, 0.3) is 0 Å². The van der Waals surface area contributed by atoms with E-state index < -0.39 is 10.3 Å². The summed E-state index contributed by atoms with van der Waals surface area (Å²) in [6.45, 7) is 0. The van der Waals surface area contributed by atoms with Crippen LogP contribution >= 0.6 is 0 Å². The molecule has 6 heteroatoms. The maximum Gasteiger partial charge on any atom is 0.386 e. The van der Waals surface area contributed by atoms with E-state index in [1.54, 1.807) is 11.6 Å². The summed E-state index contributed by atoms with van der Waals surface area (Å²) in [4.78, 5) is 13.8. The zero-order chi connectivity index (χ0) is 10.3. The minimum Gasteiger partial charge on any atom is -0.358 e. The molecule has 0 bridgehead atoms. The average molecular weight is 192 g/mol. The van der Waals surface area contributed by atoms with Crippen molar-refractivity contribution in [3.05, 3.63) is 22.1 Å². The Hall–Kier alpha value is -1.90. The third kappa shape index (κ3) is 0.988. The molecule has 0 spiro atoms. The van der Waals surface area contributed by atoms with Crippen molar-refractivity contribution in [1.29, 1.82) is 5.26 Å². The van der Waals surface area contributed by atoms with Gasteiger partial charge in [-0.3, -0.25) is 0 Å². The molecule has 72 valence electrons. The van der Waals surface area contributed by atoms with Crippen LogP contribution in [-0.4, -0.2) is 14.5 Å². The van der Waals surface area contributed by atoms with E-state index in [0.717, 1.165) is 0 Å². The van der Waals surface area contributed by atoms with Crippen LogP contribution in [0.15, 0.2) is 6.33 Å². The van der Waals surface area contributed by atoms with E-state index in [1.807, 2.05) is 0 Å². The first-order valence-corrected chi connectivity index (χ1v) is 4.18. The van der Waals surface area contributed by atoms with Crippen LogP contribution in [0.2, 0.25) is 0 Å².